The van der Waals surface area contributed by atoms with Crippen LogP contribution in [0.2, 0.25) is 0 Å². The molecule has 0 unspecified atom stereocenters. The monoisotopic (exact) mass is 256 g/mol. The summed E-state index contributed by atoms with van der Waals surface area (Å²) in [6, 6.07) is -0.468. The minimum absolute atomic E-state index is 0.0446. The lowest BCUT2D eigenvalue weighted by Gasteiger charge is -2.38. The van der Waals surface area contributed by atoms with Crippen LogP contribution in [0.4, 0.5) is 0 Å². The van der Waals surface area contributed by atoms with Crippen molar-refractivity contribution in [2.75, 3.05) is 13.1 Å². The van der Waals surface area contributed by atoms with Crippen molar-refractivity contribution in [3.8, 4) is 0 Å². The zero-order valence-electron chi connectivity index (χ0n) is 11.5. The summed E-state index contributed by atoms with van der Waals surface area (Å²) in [6.45, 7) is 6.70. The molecule has 3 N–H and O–H groups in total. The van der Waals surface area contributed by atoms with Crippen molar-refractivity contribution in [1.29, 1.82) is 0 Å². The number of rotatable bonds is 4. The SMILES string of the molecule is CC[C@H](C)[C@H](N)C(=O)N1CCC(C)(C(=O)O)CC1. The number of carbonyl (C=O) groups excluding carboxylic acids is 1. The van der Waals surface area contributed by atoms with Crippen molar-refractivity contribution in [1.82, 2.24) is 4.90 Å². The molecule has 0 aromatic heterocycles. The van der Waals surface area contributed by atoms with Gasteiger partial charge in [-0.25, -0.2) is 0 Å². The summed E-state index contributed by atoms with van der Waals surface area (Å²) in [5.41, 5.74) is 5.22. The second-order valence-electron chi connectivity index (χ2n) is 5.60. The standard InChI is InChI=1S/C13H24N2O3/c1-4-9(2)10(14)11(16)15-7-5-13(3,6-8-15)12(17)18/h9-10H,4-8,14H2,1-3H3,(H,17,18)/t9-,10-/m0/s1. The van der Waals surface area contributed by atoms with Crippen LogP contribution in [0.5, 0.6) is 0 Å². The number of nitrogens with two attached hydrogens (primary N) is 1. The molecule has 1 rings (SSSR count). The predicted octanol–water partition coefficient (Wildman–Crippen LogP) is 1.07. The van der Waals surface area contributed by atoms with Crippen molar-refractivity contribution in [3.05, 3.63) is 0 Å². The second kappa shape index (κ2) is 5.69. The van der Waals surface area contributed by atoms with E-state index >= 15 is 0 Å². The molecular weight excluding hydrogens is 232 g/mol. The molecule has 0 saturated carbocycles. The number of likely N-dealkylation sites (tertiary alicyclic amines) is 1. The number of piperidine rings is 1. The summed E-state index contributed by atoms with van der Waals surface area (Å²) in [5, 5.41) is 9.13. The number of carboxylic acids is 1. The molecule has 0 aromatic rings. The Kier molecular flexibility index (Phi) is 4.73. The molecule has 1 aliphatic rings. The molecule has 18 heavy (non-hydrogen) atoms. The van der Waals surface area contributed by atoms with Gasteiger partial charge in [0.05, 0.1) is 11.5 Å². The number of carboxylic acid groups (broad SMARTS) is 1. The van der Waals surface area contributed by atoms with Gasteiger partial charge in [-0.05, 0) is 25.7 Å². The first kappa shape index (κ1) is 15.0. The average molecular weight is 256 g/mol. The van der Waals surface area contributed by atoms with E-state index in [-0.39, 0.29) is 11.8 Å². The van der Waals surface area contributed by atoms with Gasteiger partial charge in [0.15, 0.2) is 0 Å². The van der Waals surface area contributed by atoms with Crippen molar-refractivity contribution in [2.45, 2.75) is 46.1 Å². The Morgan fingerprint density at radius 3 is 2.28 bits per heavy atom. The van der Waals surface area contributed by atoms with Crippen LogP contribution in [0.25, 0.3) is 0 Å². The molecule has 2 atom stereocenters. The lowest BCUT2D eigenvalue weighted by Crippen LogP contribution is -2.52. The highest BCUT2D eigenvalue weighted by atomic mass is 16.4. The number of aliphatic carboxylic acids is 1. The number of carbonyl (C=O) groups is 2. The van der Waals surface area contributed by atoms with Gasteiger partial charge in [0.2, 0.25) is 5.91 Å². The summed E-state index contributed by atoms with van der Waals surface area (Å²) in [5.74, 6) is -0.664. The first-order chi connectivity index (χ1) is 8.31. The molecule has 1 heterocycles. The molecule has 0 spiro atoms. The fraction of sp³-hybridized carbons (Fsp3) is 0.846. The van der Waals surface area contributed by atoms with Gasteiger partial charge >= 0.3 is 5.97 Å². The Labute approximate surface area is 108 Å². The first-order valence-corrected chi connectivity index (χ1v) is 6.59. The maximum absolute atomic E-state index is 12.1. The van der Waals surface area contributed by atoms with E-state index in [1.807, 2.05) is 13.8 Å². The minimum Gasteiger partial charge on any atom is -0.481 e. The van der Waals surface area contributed by atoms with E-state index < -0.39 is 17.4 Å². The summed E-state index contributed by atoms with van der Waals surface area (Å²) >= 11 is 0. The van der Waals surface area contributed by atoms with Gasteiger partial charge in [0.1, 0.15) is 0 Å². The molecule has 1 aliphatic heterocycles. The third-order valence-corrected chi connectivity index (χ3v) is 4.24. The first-order valence-electron chi connectivity index (χ1n) is 6.59. The fourth-order valence-electron chi connectivity index (χ4n) is 2.14. The summed E-state index contributed by atoms with van der Waals surface area (Å²) < 4.78 is 0. The van der Waals surface area contributed by atoms with Gasteiger partial charge in [-0.2, -0.15) is 0 Å². The maximum atomic E-state index is 12.1. The Hall–Kier alpha value is -1.10. The maximum Gasteiger partial charge on any atom is 0.309 e. The van der Waals surface area contributed by atoms with E-state index in [9.17, 15) is 9.59 Å². The topological polar surface area (TPSA) is 83.6 Å². The van der Waals surface area contributed by atoms with Crippen LogP contribution < -0.4 is 5.73 Å². The van der Waals surface area contributed by atoms with Crippen LogP contribution >= 0.6 is 0 Å². The number of hydrogen-bond acceptors (Lipinski definition) is 3. The third-order valence-electron chi connectivity index (χ3n) is 4.24. The van der Waals surface area contributed by atoms with Crippen LogP contribution in [0.3, 0.4) is 0 Å². The van der Waals surface area contributed by atoms with Gasteiger partial charge in [-0.15, -0.1) is 0 Å². The van der Waals surface area contributed by atoms with E-state index in [4.69, 9.17) is 10.8 Å². The van der Waals surface area contributed by atoms with Crippen molar-refractivity contribution in [3.63, 3.8) is 0 Å². The van der Waals surface area contributed by atoms with Gasteiger partial charge < -0.3 is 15.7 Å². The van der Waals surface area contributed by atoms with Gasteiger partial charge in [0.25, 0.3) is 0 Å². The van der Waals surface area contributed by atoms with E-state index in [1.54, 1.807) is 11.8 Å². The molecule has 1 fully saturated rings. The minimum atomic E-state index is -0.777. The molecule has 0 bridgehead atoms. The third kappa shape index (κ3) is 3.02. The molecule has 1 amide bonds. The zero-order chi connectivity index (χ0) is 13.9. The normalized spacial score (nSPS) is 22.3. The molecule has 5 nitrogen and oxygen atoms in total. The predicted molar refractivity (Wildman–Crippen MR) is 69.0 cm³/mol. The number of amides is 1. The highest BCUT2D eigenvalue weighted by Gasteiger charge is 2.39. The largest absolute Gasteiger partial charge is 0.481 e. The molecular formula is C13H24N2O3. The average Bonchev–Trinajstić information content (AvgIpc) is 2.36. The summed E-state index contributed by atoms with van der Waals surface area (Å²) in [6.07, 6.45) is 1.87. The van der Waals surface area contributed by atoms with E-state index in [0.717, 1.165) is 6.42 Å². The second-order valence-corrected chi connectivity index (χ2v) is 5.60. The Morgan fingerprint density at radius 1 is 1.39 bits per heavy atom. The van der Waals surface area contributed by atoms with Crippen molar-refractivity contribution < 1.29 is 14.7 Å². The fourth-order valence-corrected chi connectivity index (χ4v) is 2.14. The van der Waals surface area contributed by atoms with E-state index in [0.29, 0.717) is 25.9 Å². The van der Waals surface area contributed by atoms with Gasteiger partial charge in [-0.1, -0.05) is 20.3 Å². The van der Waals surface area contributed by atoms with Crippen LogP contribution in [-0.2, 0) is 9.59 Å². The molecule has 104 valence electrons. The molecule has 0 radical (unpaired) electrons. The number of hydrogen-bond donors (Lipinski definition) is 2. The smallest absolute Gasteiger partial charge is 0.309 e. The van der Waals surface area contributed by atoms with Crippen LogP contribution in [0.1, 0.15) is 40.0 Å². The lowest BCUT2D eigenvalue weighted by molar-refractivity contribution is -0.153. The Balaban J connectivity index is 2.58. The Morgan fingerprint density at radius 2 is 1.89 bits per heavy atom. The quantitative estimate of drug-likeness (QED) is 0.788. The van der Waals surface area contributed by atoms with Crippen LogP contribution in [0.15, 0.2) is 0 Å². The molecule has 5 heteroatoms. The highest BCUT2D eigenvalue weighted by molar-refractivity contribution is 5.82. The lowest BCUT2D eigenvalue weighted by atomic mass is 9.80. The zero-order valence-corrected chi connectivity index (χ0v) is 11.5. The van der Waals surface area contributed by atoms with Crippen LogP contribution in [0, 0.1) is 11.3 Å². The molecule has 1 saturated heterocycles. The van der Waals surface area contributed by atoms with E-state index in [2.05, 4.69) is 0 Å². The molecule has 0 aromatic carbocycles. The summed E-state index contributed by atoms with van der Waals surface area (Å²) in [4.78, 5) is 25.0. The summed E-state index contributed by atoms with van der Waals surface area (Å²) in [7, 11) is 0. The van der Waals surface area contributed by atoms with Crippen molar-refractivity contribution >= 4 is 11.9 Å². The van der Waals surface area contributed by atoms with Gasteiger partial charge in [0, 0.05) is 13.1 Å². The van der Waals surface area contributed by atoms with E-state index in [1.165, 1.54) is 0 Å². The van der Waals surface area contributed by atoms with Crippen LogP contribution in [-0.4, -0.2) is 41.0 Å². The van der Waals surface area contributed by atoms with Crippen molar-refractivity contribution in [2.24, 2.45) is 17.1 Å². The van der Waals surface area contributed by atoms with Gasteiger partial charge in [-0.3, -0.25) is 9.59 Å². The highest BCUT2D eigenvalue weighted by Crippen LogP contribution is 2.31. The molecule has 0 aliphatic carbocycles. The Bertz CT molecular complexity index is 322. The number of nitrogens with zero attached hydrogens (tertiary/aromatic N) is 1.